The molecule has 0 radical (unpaired) electrons. The van der Waals surface area contributed by atoms with Crippen LogP contribution in [0.1, 0.15) is 5.56 Å². The van der Waals surface area contributed by atoms with Crippen LogP contribution in [0.2, 0.25) is 0 Å². The Kier molecular flexibility index (Phi) is 4.43. The second kappa shape index (κ2) is 6.77. The number of imide groups is 1. The summed E-state index contributed by atoms with van der Waals surface area (Å²) in [6.07, 6.45) is 4.18. The van der Waals surface area contributed by atoms with Crippen molar-refractivity contribution in [1.29, 1.82) is 0 Å². The number of carbonyl (C=O) groups is 3. The Bertz CT molecular complexity index is 950. The van der Waals surface area contributed by atoms with Crippen molar-refractivity contribution in [3.63, 3.8) is 0 Å². The number of anilines is 1. The van der Waals surface area contributed by atoms with Gasteiger partial charge in [-0.3, -0.25) is 9.59 Å². The van der Waals surface area contributed by atoms with Gasteiger partial charge in [-0.1, -0.05) is 18.2 Å². The number of para-hydroxylation sites is 1. The summed E-state index contributed by atoms with van der Waals surface area (Å²) in [5, 5.41) is 0. The van der Waals surface area contributed by atoms with Crippen LogP contribution in [0.25, 0.3) is 0 Å². The number of dihydropyridines is 1. The largest absolute Gasteiger partial charge is 0.445 e. The zero-order valence-corrected chi connectivity index (χ0v) is 15.9. The average Bonchev–Trinajstić information content (AvgIpc) is 3.12. The summed E-state index contributed by atoms with van der Waals surface area (Å²) in [6.45, 7) is 0.680. The predicted octanol–water partition coefficient (Wildman–Crippen LogP) is 1.53. The van der Waals surface area contributed by atoms with Crippen molar-refractivity contribution in [2.24, 2.45) is 10.9 Å². The molecule has 4 rings (SSSR count). The van der Waals surface area contributed by atoms with Crippen molar-refractivity contribution in [2.45, 2.75) is 6.42 Å². The number of benzene rings is 1. The van der Waals surface area contributed by atoms with Gasteiger partial charge in [-0.15, -0.1) is 16.8 Å². The summed E-state index contributed by atoms with van der Waals surface area (Å²) < 4.78 is 1.38. The molecular formula is C19H19N4O3S+. The van der Waals surface area contributed by atoms with Gasteiger partial charge in [0, 0.05) is 17.1 Å². The maximum Gasteiger partial charge on any atom is 0.445 e. The Morgan fingerprint density at radius 3 is 2.93 bits per heavy atom. The molecule has 7 nitrogen and oxygen atoms in total. The Morgan fingerprint density at radius 2 is 2.11 bits per heavy atom. The summed E-state index contributed by atoms with van der Waals surface area (Å²) >= 11 is 1.33. The van der Waals surface area contributed by atoms with Gasteiger partial charge in [-0.25, -0.2) is 4.79 Å². The van der Waals surface area contributed by atoms with E-state index < -0.39 is 11.9 Å². The Labute approximate surface area is 161 Å². The number of hydrogen-bond acceptors (Lipinski definition) is 5. The molecule has 0 aliphatic carbocycles. The molecule has 8 heteroatoms. The molecule has 27 heavy (non-hydrogen) atoms. The molecule has 3 heterocycles. The van der Waals surface area contributed by atoms with E-state index in [4.69, 9.17) is 0 Å². The van der Waals surface area contributed by atoms with Gasteiger partial charge in [0.2, 0.25) is 5.91 Å². The van der Waals surface area contributed by atoms with Crippen LogP contribution in [0.3, 0.4) is 0 Å². The van der Waals surface area contributed by atoms with Crippen molar-refractivity contribution in [3.8, 4) is 0 Å². The van der Waals surface area contributed by atoms with Crippen molar-refractivity contribution >= 4 is 47.3 Å². The van der Waals surface area contributed by atoms with Crippen molar-refractivity contribution < 1.29 is 19.0 Å². The first kappa shape index (κ1) is 17.7. The zero-order chi connectivity index (χ0) is 19.1. The van der Waals surface area contributed by atoms with Gasteiger partial charge in [-0.2, -0.15) is 9.48 Å². The fourth-order valence-electron chi connectivity index (χ4n) is 3.56. The number of carbonyl (C=O) groups excluding carboxylic acids is 3. The first-order valence-corrected chi connectivity index (χ1v) is 9.65. The number of allylic oxidation sites excluding steroid dienone is 1. The van der Waals surface area contributed by atoms with E-state index in [1.807, 2.05) is 24.3 Å². The summed E-state index contributed by atoms with van der Waals surface area (Å²) in [5.74, 6) is -0.302. The SMILES string of the molecule is CN1C(=O)C2C(SCC(=O)N3CCc4ccccc43)=CC=NC2=[N+](C)C1=O. The molecule has 3 aliphatic heterocycles. The fourth-order valence-corrected chi connectivity index (χ4v) is 4.54. The van der Waals surface area contributed by atoms with Crippen LogP contribution in [-0.4, -0.2) is 65.8 Å². The number of urea groups is 1. The molecule has 1 aromatic rings. The predicted molar refractivity (Wildman–Crippen MR) is 104 cm³/mol. The number of rotatable bonds is 3. The lowest BCUT2D eigenvalue weighted by Crippen LogP contribution is -2.52. The van der Waals surface area contributed by atoms with Crippen molar-refractivity contribution in [1.82, 2.24) is 4.90 Å². The van der Waals surface area contributed by atoms with Crippen molar-refractivity contribution in [3.05, 3.63) is 40.8 Å². The van der Waals surface area contributed by atoms with Crippen LogP contribution in [0.5, 0.6) is 0 Å². The average molecular weight is 383 g/mol. The minimum Gasteiger partial charge on any atom is -0.311 e. The lowest BCUT2D eigenvalue weighted by Gasteiger charge is -2.26. The first-order valence-electron chi connectivity index (χ1n) is 8.66. The number of fused-ring (bicyclic) bond motifs is 2. The normalized spacial score (nSPS) is 21.4. The third-order valence-electron chi connectivity index (χ3n) is 5.03. The molecule has 0 saturated heterocycles. The van der Waals surface area contributed by atoms with Crippen LogP contribution in [0, 0.1) is 5.92 Å². The summed E-state index contributed by atoms with van der Waals surface area (Å²) in [4.78, 5) is 45.3. The highest BCUT2D eigenvalue weighted by atomic mass is 32.2. The highest BCUT2D eigenvalue weighted by Crippen LogP contribution is 2.33. The van der Waals surface area contributed by atoms with Gasteiger partial charge in [0.1, 0.15) is 6.21 Å². The standard InChI is InChI=1S/C19H19N4O3S/c1-21-17-16(18(25)22(2)19(21)26)14(7-9-20-17)27-11-15(24)23-10-8-12-5-3-4-6-13(12)23/h3-7,9,16H,8,10-11H2,1-2H3/q+1. The second-order valence-corrected chi connectivity index (χ2v) is 7.64. The number of hydrogen-bond donors (Lipinski definition) is 0. The fraction of sp³-hybridized carbons (Fsp3) is 0.316. The van der Waals surface area contributed by atoms with E-state index in [0.717, 1.165) is 21.9 Å². The Morgan fingerprint density at radius 1 is 1.33 bits per heavy atom. The van der Waals surface area contributed by atoms with E-state index in [0.29, 0.717) is 12.4 Å². The monoisotopic (exact) mass is 383 g/mol. The molecule has 0 N–H and O–H groups in total. The van der Waals surface area contributed by atoms with Gasteiger partial charge in [0.25, 0.3) is 5.84 Å². The minimum absolute atomic E-state index is 0.0101. The van der Waals surface area contributed by atoms with Crippen LogP contribution in [0.4, 0.5) is 10.5 Å². The lowest BCUT2D eigenvalue weighted by molar-refractivity contribution is -0.407. The molecule has 0 fully saturated rings. The van der Waals surface area contributed by atoms with E-state index in [-0.39, 0.29) is 17.6 Å². The lowest BCUT2D eigenvalue weighted by atomic mass is 10.0. The zero-order valence-electron chi connectivity index (χ0n) is 15.1. The molecule has 1 aromatic carbocycles. The van der Waals surface area contributed by atoms with E-state index in [9.17, 15) is 14.4 Å². The van der Waals surface area contributed by atoms with E-state index in [1.54, 1.807) is 24.2 Å². The van der Waals surface area contributed by atoms with Crippen LogP contribution in [0.15, 0.2) is 40.2 Å². The maximum atomic E-state index is 12.8. The van der Waals surface area contributed by atoms with Crippen LogP contribution < -0.4 is 4.90 Å². The van der Waals surface area contributed by atoms with Gasteiger partial charge in [0.05, 0.1) is 19.8 Å². The molecule has 1 atom stereocenters. The minimum atomic E-state index is -0.633. The van der Waals surface area contributed by atoms with Crippen LogP contribution >= 0.6 is 11.8 Å². The van der Waals surface area contributed by atoms with E-state index in [1.165, 1.54) is 28.9 Å². The Balaban J connectivity index is 1.51. The topological polar surface area (TPSA) is 73.1 Å². The van der Waals surface area contributed by atoms with E-state index in [2.05, 4.69) is 4.99 Å². The molecule has 0 saturated carbocycles. The molecular weight excluding hydrogens is 364 g/mol. The summed E-state index contributed by atoms with van der Waals surface area (Å²) in [7, 11) is 3.07. The highest BCUT2D eigenvalue weighted by molar-refractivity contribution is 8.03. The third kappa shape index (κ3) is 2.90. The number of aliphatic imine (C=N–C) groups is 1. The van der Waals surface area contributed by atoms with E-state index >= 15 is 0 Å². The molecule has 1 unspecified atom stereocenters. The molecule has 0 spiro atoms. The second-order valence-electron chi connectivity index (χ2n) is 6.59. The van der Waals surface area contributed by atoms with Gasteiger partial charge in [0.15, 0.2) is 5.92 Å². The number of nitrogens with zero attached hydrogens (tertiary/aromatic N) is 4. The van der Waals surface area contributed by atoms with Gasteiger partial charge < -0.3 is 4.90 Å². The quantitative estimate of drug-likeness (QED) is 0.742. The van der Waals surface area contributed by atoms with Gasteiger partial charge >= 0.3 is 11.9 Å². The molecule has 4 amide bonds. The van der Waals surface area contributed by atoms with Crippen LogP contribution in [-0.2, 0) is 16.0 Å². The molecule has 0 aromatic heterocycles. The maximum absolute atomic E-state index is 12.8. The third-order valence-corrected chi connectivity index (χ3v) is 6.13. The highest BCUT2D eigenvalue weighted by Gasteiger charge is 2.47. The summed E-state index contributed by atoms with van der Waals surface area (Å²) in [5.41, 5.74) is 2.15. The van der Waals surface area contributed by atoms with Gasteiger partial charge in [-0.05, 0) is 24.1 Å². The number of thioether (sulfide) groups is 1. The number of amidine groups is 1. The summed E-state index contributed by atoms with van der Waals surface area (Å²) in [6, 6.07) is 7.51. The number of amides is 4. The molecule has 0 bridgehead atoms. The molecule has 3 aliphatic rings. The van der Waals surface area contributed by atoms with Crippen molar-refractivity contribution in [2.75, 3.05) is 31.3 Å². The first-order chi connectivity index (χ1) is 13.0. The molecule has 138 valence electrons. The smallest absolute Gasteiger partial charge is 0.311 e. The Hall–Kier alpha value is -2.74.